The zero-order chi connectivity index (χ0) is 24.4. The smallest absolute Gasteiger partial charge is 0.260 e. The minimum absolute atomic E-state index is 0.0831. The Kier molecular flexibility index (Phi) is 5.13. The average Bonchev–Trinajstić information content (AvgIpc) is 3.48. The van der Waals surface area contributed by atoms with Gasteiger partial charge in [0.1, 0.15) is 0 Å². The summed E-state index contributed by atoms with van der Waals surface area (Å²) >= 11 is 3.59. The lowest BCUT2D eigenvalue weighted by Gasteiger charge is -2.39. The molecular weight excluding hydrogens is 506 g/mol. The van der Waals surface area contributed by atoms with Crippen molar-refractivity contribution >= 4 is 27.5 Å². The monoisotopic (exact) mass is 531 g/mol. The summed E-state index contributed by atoms with van der Waals surface area (Å²) in [5.41, 5.74) is 0.479. The summed E-state index contributed by atoms with van der Waals surface area (Å²) in [6.45, 7) is 2.74. The highest BCUT2D eigenvalue weighted by Crippen LogP contribution is 2.64. The fourth-order valence-electron chi connectivity index (χ4n) is 7.04. The van der Waals surface area contributed by atoms with Gasteiger partial charge in [0, 0.05) is 34.5 Å². The third-order valence-electron chi connectivity index (χ3n) is 8.37. The number of halogens is 1. The first-order valence-electron chi connectivity index (χ1n) is 12.0. The lowest BCUT2D eigenvalue weighted by molar-refractivity contribution is -0.579. The van der Waals surface area contributed by atoms with Crippen LogP contribution in [0.1, 0.15) is 42.4 Å². The van der Waals surface area contributed by atoms with Gasteiger partial charge in [-0.2, -0.15) is 0 Å². The van der Waals surface area contributed by atoms with Crippen LogP contribution in [0.4, 0.5) is 5.69 Å². The Morgan fingerprint density at radius 1 is 1.06 bits per heavy atom. The summed E-state index contributed by atoms with van der Waals surface area (Å²) in [6, 6.07) is 25.3. The highest BCUT2D eigenvalue weighted by molar-refractivity contribution is 9.10. The van der Waals surface area contributed by atoms with Gasteiger partial charge in [0.25, 0.3) is 11.4 Å². The van der Waals surface area contributed by atoms with Crippen LogP contribution in [0.3, 0.4) is 0 Å². The minimum atomic E-state index is -1.54. The van der Waals surface area contributed by atoms with Gasteiger partial charge in [-0.1, -0.05) is 76.6 Å². The third kappa shape index (κ3) is 2.88. The largest absolute Gasteiger partial charge is 0.305 e. The Bertz CT molecular complexity index is 1320. The molecule has 0 bridgehead atoms. The average molecular weight is 532 g/mol. The van der Waals surface area contributed by atoms with Crippen molar-refractivity contribution in [2.75, 3.05) is 11.4 Å². The van der Waals surface area contributed by atoms with E-state index in [1.807, 2.05) is 78.9 Å². The zero-order valence-corrected chi connectivity index (χ0v) is 21.0. The fraction of sp³-hybridized carbons (Fsp3) is 0.321. The van der Waals surface area contributed by atoms with Crippen LogP contribution in [-0.2, 0) is 16.9 Å². The van der Waals surface area contributed by atoms with Crippen LogP contribution in [0.25, 0.3) is 0 Å². The Labute approximate surface area is 212 Å². The molecule has 0 unspecified atom stereocenters. The number of nitrogens with zero attached hydrogens (tertiary/aromatic N) is 3. The third-order valence-corrected chi connectivity index (χ3v) is 8.86. The van der Waals surface area contributed by atoms with Crippen LogP contribution >= 0.6 is 15.9 Å². The van der Waals surface area contributed by atoms with Gasteiger partial charge in [-0.3, -0.25) is 19.8 Å². The first kappa shape index (κ1) is 22.4. The minimum Gasteiger partial charge on any atom is -0.305 e. The van der Waals surface area contributed by atoms with Gasteiger partial charge in [-0.15, -0.1) is 0 Å². The number of carbonyl (C=O) groups excluding carboxylic acids is 1. The van der Waals surface area contributed by atoms with Gasteiger partial charge in [0.15, 0.2) is 5.54 Å². The number of nitro groups is 1. The molecule has 3 aromatic rings. The van der Waals surface area contributed by atoms with Crippen molar-refractivity contribution in [3.05, 3.63) is 110 Å². The van der Waals surface area contributed by atoms with Gasteiger partial charge >= 0.3 is 0 Å². The van der Waals surface area contributed by atoms with Crippen molar-refractivity contribution in [2.45, 2.75) is 49.3 Å². The highest BCUT2D eigenvalue weighted by atomic mass is 79.9. The fourth-order valence-corrected chi connectivity index (χ4v) is 7.40. The van der Waals surface area contributed by atoms with E-state index in [2.05, 4.69) is 20.8 Å². The van der Waals surface area contributed by atoms with E-state index in [-0.39, 0.29) is 16.9 Å². The lowest BCUT2D eigenvalue weighted by Crippen LogP contribution is -2.63. The summed E-state index contributed by atoms with van der Waals surface area (Å²) < 4.78 is 0.814. The standard InChI is InChI=1S/C28H26BrN3O3/c1-27(32(34)35)25(20-11-6-3-7-12-20)24-13-8-16-31(24)28(27)22-17-21(29)14-15-23(22)30(26(28)33)18-19-9-4-2-5-10-19/h2-7,9-12,14-15,17,24-25H,8,13,16,18H2,1H3/t24-,25-,27+,28-/m1/s1. The van der Waals surface area contributed by atoms with Gasteiger partial charge < -0.3 is 4.90 Å². The molecule has 1 spiro atoms. The zero-order valence-electron chi connectivity index (χ0n) is 19.4. The molecule has 6 nitrogen and oxygen atoms in total. The number of amides is 1. The first-order chi connectivity index (χ1) is 16.9. The number of anilines is 1. The topological polar surface area (TPSA) is 66.7 Å². The van der Waals surface area contributed by atoms with Crippen molar-refractivity contribution in [3.8, 4) is 0 Å². The quantitative estimate of drug-likeness (QED) is 0.329. The van der Waals surface area contributed by atoms with Gasteiger partial charge in [0.05, 0.1) is 18.2 Å². The molecule has 0 aliphatic carbocycles. The molecule has 35 heavy (non-hydrogen) atoms. The maximum atomic E-state index is 14.7. The molecule has 7 heteroatoms. The van der Waals surface area contributed by atoms with E-state index in [9.17, 15) is 14.9 Å². The molecule has 3 aromatic carbocycles. The molecule has 6 rings (SSSR count). The Morgan fingerprint density at radius 2 is 1.74 bits per heavy atom. The molecule has 4 atom stereocenters. The number of rotatable bonds is 4. The highest BCUT2D eigenvalue weighted by Gasteiger charge is 2.81. The summed E-state index contributed by atoms with van der Waals surface area (Å²) in [5.74, 6) is -0.604. The number of hydrogen-bond acceptors (Lipinski definition) is 4. The van der Waals surface area contributed by atoms with Crippen molar-refractivity contribution in [1.29, 1.82) is 0 Å². The van der Waals surface area contributed by atoms with E-state index < -0.39 is 17.0 Å². The van der Waals surface area contributed by atoms with Crippen molar-refractivity contribution in [2.24, 2.45) is 0 Å². The molecule has 178 valence electrons. The van der Waals surface area contributed by atoms with E-state index in [4.69, 9.17) is 0 Å². The summed E-state index contributed by atoms with van der Waals surface area (Å²) in [7, 11) is 0. The summed E-state index contributed by atoms with van der Waals surface area (Å²) in [4.78, 5) is 31.7. The van der Waals surface area contributed by atoms with Crippen LogP contribution in [-0.4, -0.2) is 33.9 Å². The molecular formula is C28H26BrN3O3. The molecule has 3 aliphatic heterocycles. The van der Waals surface area contributed by atoms with E-state index >= 15 is 0 Å². The number of benzene rings is 3. The number of carbonyl (C=O) groups is 1. The van der Waals surface area contributed by atoms with Crippen LogP contribution in [0.2, 0.25) is 0 Å². The van der Waals surface area contributed by atoms with E-state index in [1.165, 1.54) is 0 Å². The first-order valence-corrected chi connectivity index (χ1v) is 12.8. The van der Waals surface area contributed by atoms with Gasteiger partial charge in [-0.05, 0) is 42.2 Å². The molecule has 0 saturated carbocycles. The van der Waals surface area contributed by atoms with Gasteiger partial charge in [-0.25, -0.2) is 0 Å². The number of fused-ring (bicyclic) bond motifs is 4. The van der Waals surface area contributed by atoms with Crippen molar-refractivity contribution in [3.63, 3.8) is 0 Å². The molecule has 0 radical (unpaired) electrons. The predicted molar refractivity (Wildman–Crippen MR) is 138 cm³/mol. The maximum Gasteiger partial charge on any atom is 0.260 e. The van der Waals surface area contributed by atoms with Crippen molar-refractivity contribution < 1.29 is 9.72 Å². The Morgan fingerprint density at radius 3 is 2.43 bits per heavy atom. The number of hydrogen-bond donors (Lipinski definition) is 0. The van der Waals surface area contributed by atoms with Crippen LogP contribution in [0.15, 0.2) is 83.3 Å². The predicted octanol–water partition coefficient (Wildman–Crippen LogP) is 5.49. The van der Waals surface area contributed by atoms with Crippen LogP contribution in [0.5, 0.6) is 0 Å². The molecule has 0 N–H and O–H groups in total. The molecule has 2 fully saturated rings. The van der Waals surface area contributed by atoms with Crippen LogP contribution < -0.4 is 4.90 Å². The second kappa shape index (κ2) is 8.00. The molecule has 3 heterocycles. The Hall–Kier alpha value is -3.03. The Balaban J connectivity index is 1.62. The van der Waals surface area contributed by atoms with E-state index in [0.29, 0.717) is 13.1 Å². The SMILES string of the molecule is C[C@]1([N+](=O)[O-])[C@H](c2ccccc2)[C@H]2CCCN2[C@]12C(=O)N(Cc1ccccc1)c1ccc(Br)cc12. The molecule has 0 aromatic heterocycles. The van der Waals surface area contributed by atoms with Crippen molar-refractivity contribution in [1.82, 2.24) is 4.90 Å². The van der Waals surface area contributed by atoms with Crippen LogP contribution in [0, 0.1) is 10.1 Å². The molecule has 2 saturated heterocycles. The van der Waals surface area contributed by atoms with E-state index in [1.54, 1.807) is 11.8 Å². The van der Waals surface area contributed by atoms with E-state index in [0.717, 1.165) is 39.7 Å². The second-order valence-corrected chi connectivity index (χ2v) is 10.9. The lowest BCUT2D eigenvalue weighted by atomic mass is 9.67. The summed E-state index contributed by atoms with van der Waals surface area (Å²) in [6.07, 6.45) is 1.75. The maximum absolute atomic E-state index is 14.7. The summed E-state index contributed by atoms with van der Waals surface area (Å²) in [5, 5.41) is 13.2. The second-order valence-electron chi connectivity index (χ2n) is 9.94. The molecule has 3 aliphatic rings. The van der Waals surface area contributed by atoms with Gasteiger partial charge in [0.2, 0.25) is 0 Å². The molecule has 1 amide bonds. The normalized spacial score (nSPS) is 29.5.